The number of H-pyrrole nitrogens is 1. The zero-order valence-electron chi connectivity index (χ0n) is 11.8. The van der Waals surface area contributed by atoms with E-state index in [2.05, 4.69) is 34.7 Å². The minimum Gasteiger partial charge on any atom is -0.361 e. The molecule has 4 heteroatoms. The molecule has 2 heterocycles. The van der Waals surface area contributed by atoms with E-state index in [9.17, 15) is 4.79 Å². The number of aromatic nitrogens is 1. The summed E-state index contributed by atoms with van der Waals surface area (Å²) in [6.07, 6.45) is 2.90. The Kier molecular flexibility index (Phi) is 3.74. The highest BCUT2D eigenvalue weighted by Crippen LogP contribution is 2.18. The number of fused-ring (bicyclic) bond motifs is 1. The van der Waals surface area contributed by atoms with Crippen molar-refractivity contribution in [1.29, 1.82) is 0 Å². The molecular weight excluding hydrogens is 250 g/mol. The van der Waals surface area contributed by atoms with Crippen LogP contribution in [0.4, 0.5) is 0 Å². The molecular formula is C16H21N3O. The van der Waals surface area contributed by atoms with Crippen LogP contribution in [-0.4, -0.2) is 30.5 Å². The van der Waals surface area contributed by atoms with E-state index in [1.807, 2.05) is 18.3 Å². The number of para-hydroxylation sites is 1. The highest BCUT2D eigenvalue weighted by Gasteiger charge is 2.29. The van der Waals surface area contributed by atoms with Gasteiger partial charge < -0.3 is 15.6 Å². The van der Waals surface area contributed by atoms with Crippen LogP contribution in [0.5, 0.6) is 0 Å². The second-order valence-electron chi connectivity index (χ2n) is 5.64. The molecule has 20 heavy (non-hydrogen) atoms. The number of amides is 1. The summed E-state index contributed by atoms with van der Waals surface area (Å²) < 4.78 is 0. The van der Waals surface area contributed by atoms with Gasteiger partial charge in [0.15, 0.2) is 0 Å². The van der Waals surface area contributed by atoms with Crippen LogP contribution in [0.15, 0.2) is 30.5 Å². The van der Waals surface area contributed by atoms with Crippen LogP contribution in [0.1, 0.15) is 12.5 Å². The largest absolute Gasteiger partial charge is 0.361 e. The fourth-order valence-corrected chi connectivity index (χ4v) is 2.95. The minimum atomic E-state index is 0.123. The molecule has 0 bridgehead atoms. The Morgan fingerprint density at radius 3 is 3.00 bits per heavy atom. The second-order valence-corrected chi connectivity index (χ2v) is 5.64. The van der Waals surface area contributed by atoms with E-state index < -0.39 is 0 Å². The van der Waals surface area contributed by atoms with Gasteiger partial charge in [0.1, 0.15) is 0 Å². The molecule has 2 atom stereocenters. The molecule has 106 valence electrons. The monoisotopic (exact) mass is 271 g/mol. The third-order valence-electron chi connectivity index (χ3n) is 4.22. The summed E-state index contributed by atoms with van der Waals surface area (Å²) in [5, 5.41) is 7.58. The number of carbonyl (C=O) groups is 1. The average Bonchev–Trinajstić information content (AvgIpc) is 3.05. The number of rotatable bonds is 4. The molecule has 0 radical (unpaired) electrons. The Hall–Kier alpha value is -1.81. The van der Waals surface area contributed by atoms with E-state index in [1.54, 1.807) is 0 Å². The topological polar surface area (TPSA) is 56.9 Å². The van der Waals surface area contributed by atoms with Crippen molar-refractivity contribution in [3.05, 3.63) is 36.0 Å². The molecule has 0 spiro atoms. The molecule has 1 aromatic carbocycles. The van der Waals surface area contributed by atoms with Crippen LogP contribution in [-0.2, 0) is 11.2 Å². The number of aromatic amines is 1. The number of hydrogen-bond acceptors (Lipinski definition) is 2. The Bertz CT molecular complexity index is 605. The van der Waals surface area contributed by atoms with Crippen molar-refractivity contribution in [2.45, 2.75) is 13.3 Å². The van der Waals surface area contributed by atoms with Gasteiger partial charge in [-0.2, -0.15) is 0 Å². The quantitative estimate of drug-likeness (QED) is 0.792. The minimum absolute atomic E-state index is 0.123. The van der Waals surface area contributed by atoms with Gasteiger partial charge >= 0.3 is 0 Å². The smallest absolute Gasteiger partial charge is 0.224 e. The van der Waals surface area contributed by atoms with Crippen molar-refractivity contribution in [2.75, 3.05) is 19.6 Å². The Labute approximate surface area is 118 Å². The maximum Gasteiger partial charge on any atom is 0.224 e. The SMILES string of the molecule is CC1CNCC1C(=O)NCCc1c[nH]c2ccccc12. The predicted molar refractivity (Wildman–Crippen MR) is 80.5 cm³/mol. The summed E-state index contributed by atoms with van der Waals surface area (Å²) in [5.41, 5.74) is 2.42. The molecule has 1 aliphatic heterocycles. The third kappa shape index (κ3) is 2.56. The summed E-state index contributed by atoms with van der Waals surface area (Å²) in [6, 6.07) is 8.26. The molecule has 0 aliphatic carbocycles. The molecule has 1 aromatic heterocycles. The first kappa shape index (κ1) is 13.2. The van der Waals surface area contributed by atoms with Crippen molar-refractivity contribution in [3.63, 3.8) is 0 Å². The summed E-state index contributed by atoms with van der Waals surface area (Å²) in [5.74, 6) is 0.739. The normalized spacial score (nSPS) is 22.2. The number of hydrogen-bond donors (Lipinski definition) is 3. The zero-order valence-corrected chi connectivity index (χ0v) is 11.8. The molecule has 1 amide bonds. The van der Waals surface area contributed by atoms with E-state index in [0.29, 0.717) is 12.5 Å². The molecule has 2 unspecified atom stereocenters. The molecule has 3 N–H and O–H groups in total. The molecule has 0 saturated carbocycles. The maximum absolute atomic E-state index is 12.1. The van der Waals surface area contributed by atoms with Crippen molar-refractivity contribution in [2.24, 2.45) is 11.8 Å². The summed E-state index contributed by atoms with van der Waals surface area (Å²) in [6.45, 7) is 4.58. The first-order valence-electron chi connectivity index (χ1n) is 7.29. The van der Waals surface area contributed by atoms with E-state index in [4.69, 9.17) is 0 Å². The summed E-state index contributed by atoms with van der Waals surface area (Å²) >= 11 is 0. The predicted octanol–water partition coefficient (Wildman–Crippen LogP) is 1.68. The summed E-state index contributed by atoms with van der Waals surface area (Å²) in [7, 11) is 0. The van der Waals surface area contributed by atoms with Crippen molar-refractivity contribution < 1.29 is 4.79 Å². The standard InChI is InChI=1S/C16H21N3O/c1-11-8-17-10-14(11)16(20)18-7-6-12-9-19-15-5-3-2-4-13(12)15/h2-5,9,11,14,17,19H,6-8,10H2,1H3,(H,18,20). The Morgan fingerprint density at radius 2 is 2.20 bits per heavy atom. The highest BCUT2D eigenvalue weighted by atomic mass is 16.1. The van der Waals surface area contributed by atoms with E-state index >= 15 is 0 Å². The number of nitrogens with one attached hydrogen (secondary N) is 3. The van der Waals surface area contributed by atoms with Gasteiger partial charge in [0, 0.05) is 30.2 Å². The van der Waals surface area contributed by atoms with E-state index in [-0.39, 0.29) is 11.8 Å². The molecule has 3 rings (SSSR count). The molecule has 2 aromatic rings. The van der Waals surface area contributed by atoms with Gasteiger partial charge in [-0.25, -0.2) is 0 Å². The van der Waals surface area contributed by atoms with Crippen molar-refractivity contribution >= 4 is 16.8 Å². The Balaban J connectivity index is 1.56. The number of carbonyl (C=O) groups excluding carboxylic acids is 1. The van der Waals surface area contributed by atoms with Crippen LogP contribution in [0, 0.1) is 11.8 Å². The van der Waals surface area contributed by atoms with Gasteiger partial charge in [-0.15, -0.1) is 0 Å². The second kappa shape index (κ2) is 5.67. The number of benzene rings is 1. The lowest BCUT2D eigenvalue weighted by Gasteiger charge is -2.13. The zero-order chi connectivity index (χ0) is 13.9. The average molecular weight is 271 g/mol. The lowest BCUT2D eigenvalue weighted by molar-refractivity contribution is -0.125. The first-order chi connectivity index (χ1) is 9.75. The highest BCUT2D eigenvalue weighted by molar-refractivity contribution is 5.83. The molecule has 1 fully saturated rings. The third-order valence-corrected chi connectivity index (χ3v) is 4.22. The fraction of sp³-hybridized carbons (Fsp3) is 0.438. The van der Waals surface area contributed by atoms with Crippen LogP contribution in [0.2, 0.25) is 0 Å². The maximum atomic E-state index is 12.1. The lowest BCUT2D eigenvalue weighted by atomic mass is 9.97. The van der Waals surface area contributed by atoms with Crippen molar-refractivity contribution in [1.82, 2.24) is 15.6 Å². The fourth-order valence-electron chi connectivity index (χ4n) is 2.95. The molecule has 4 nitrogen and oxygen atoms in total. The summed E-state index contributed by atoms with van der Waals surface area (Å²) in [4.78, 5) is 15.4. The van der Waals surface area contributed by atoms with Crippen molar-refractivity contribution in [3.8, 4) is 0 Å². The van der Waals surface area contributed by atoms with Crippen LogP contribution in [0.25, 0.3) is 10.9 Å². The molecule has 1 aliphatic rings. The van der Waals surface area contributed by atoms with Crippen LogP contribution >= 0.6 is 0 Å². The Morgan fingerprint density at radius 1 is 1.35 bits per heavy atom. The van der Waals surface area contributed by atoms with Gasteiger partial charge in [-0.1, -0.05) is 25.1 Å². The van der Waals surface area contributed by atoms with Crippen LogP contribution < -0.4 is 10.6 Å². The van der Waals surface area contributed by atoms with Gasteiger partial charge in [-0.3, -0.25) is 4.79 Å². The van der Waals surface area contributed by atoms with E-state index in [1.165, 1.54) is 10.9 Å². The first-order valence-corrected chi connectivity index (χ1v) is 7.29. The van der Waals surface area contributed by atoms with Crippen LogP contribution in [0.3, 0.4) is 0 Å². The van der Waals surface area contributed by atoms with Gasteiger partial charge in [0.05, 0.1) is 5.92 Å². The van der Waals surface area contributed by atoms with Gasteiger partial charge in [-0.05, 0) is 30.5 Å². The van der Waals surface area contributed by atoms with Gasteiger partial charge in [0.2, 0.25) is 5.91 Å². The van der Waals surface area contributed by atoms with Gasteiger partial charge in [0.25, 0.3) is 0 Å². The lowest BCUT2D eigenvalue weighted by Crippen LogP contribution is -2.35. The molecule has 1 saturated heterocycles. The van der Waals surface area contributed by atoms with E-state index in [0.717, 1.165) is 25.0 Å².